The molecule has 1 amide bonds. The second-order valence-electron chi connectivity index (χ2n) is 8.27. The van der Waals surface area contributed by atoms with Crippen molar-refractivity contribution >= 4 is 27.5 Å². The van der Waals surface area contributed by atoms with Crippen LogP contribution in [0.1, 0.15) is 74.2 Å². The van der Waals surface area contributed by atoms with E-state index in [1.54, 1.807) is 11.3 Å². The molecule has 5 heteroatoms. The molecule has 0 bridgehead atoms. The second-order valence-corrected chi connectivity index (χ2v) is 9.33. The van der Waals surface area contributed by atoms with Crippen LogP contribution in [0.5, 0.6) is 0 Å². The lowest BCUT2D eigenvalue weighted by Crippen LogP contribution is -2.50. The Morgan fingerprint density at radius 3 is 2.85 bits per heavy atom. The number of nitrogens with one attached hydrogen (secondary N) is 1. The standard InChI is InChI=1S/C21H29N3OS/c1-13(2)22-20(25)15-7-8-18-19(12-15)26-21(23-18)16-10-17(11-16)24-9-5-4-6-14(24)3/h7-8,12-14,16-17H,4-6,9-11H2,1-3H3,(H,22,25). The number of benzene rings is 1. The van der Waals surface area contributed by atoms with Gasteiger partial charge in [0.2, 0.25) is 0 Å². The summed E-state index contributed by atoms with van der Waals surface area (Å²) in [6.07, 6.45) is 6.57. The topological polar surface area (TPSA) is 45.2 Å². The van der Waals surface area contributed by atoms with Gasteiger partial charge in [-0.15, -0.1) is 11.3 Å². The first-order valence-corrected chi connectivity index (χ1v) is 10.8. The minimum Gasteiger partial charge on any atom is -0.350 e. The van der Waals surface area contributed by atoms with Gasteiger partial charge >= 0.3 is 0 Å². The summed E-state index contributed by atoms with van der Waals surface area (Å²) in [7, 11) is 0. The summed E-state index contributed by atoms with van der Waals surface area (Å²) >= 11 is 1.77. The molecule has 4 nitrogen and oxygen atoms in total. The first kappa shape index (κ1) is 17.9. The van der Waals surface area contributed by atoms with Crippen molar-refractivity contribution in [2.75, 3.05) is 6.54 Å². The highest BCUT2D eigenvalue weighted by molar-refractivity contribution is 7.18. The lowest BCUT2D eigenvalue weighted by atomic mass is 9.78. The van der Waals surface area contributed by atoms with Gasteiger partial charge in [-0.25, -0.2) is 4.98 Å². The minimum absolute atomic E-state index is 0.000329. The van der Waals surface area contributed by atoms with Gasteiger partial charge in [-0.2, -0.15) is 0 Å². The van der Waals surface area contributed by atoms with E-state index in [1.807, 2.05) is 32.0 Å². The Hall–Kier alpha value is -1.46. The van der Waals surface area contributed by atoms with Crippen LogP contribution in [0.3, 0.4) is 0 Å². The van der Waals surface area contributed by atoms with Crippen LogP contribution in [0.15, 0.2) is 18.2 Å². The number of amides is 1. The maximum Gasteiger partial charge on any atom is 0.251 e. The Balaban J connectivity index is 1.44. The van der Waals surface area contributed by atoms with Crippen LogP contribution in [0.4, 0.5) is 0 Å². The van der Waals surface area contributed by atoms with Crippen LogP contribution < -0.4 is 5.32 Å². The fourth-order valence-corrected chi connectivity index (χ4v) is 5.46. The van der Waals surface area contributed by atoms with Crippen LogP contribution in [-0.4, -0.2) is 40.5 Å². The number of carbonyl (C=O) groups is 1. The van der Waals surface area contributed by atoms with Gasteiger partial charge in [0.05, 0.1) is 15.2 Å². The molecule has 2 aromatic rings. The summed E-state index contributed by atoms with van der Waals surface area (Å²) in [5, 5.41) is 4.21. The van der Waals surface area contributed by atoms with E-state index in [0.717, 1.165) is 27.9 Å². The third-order valence-corrected chi connectivity index (χ3v) is 7.05. The van der Waals surface area contributed by atoms with Crippen molar-refractivity contribution in [3.63, 3.8) is 0 Å². The monoisotopic (exact) mass is 371 g/mol. The fraction of sp³-hybridized carbons (Fsp3) is 0.619. The van der Waals surface area contributed by atoms with E-state index < -0.39 is 0 Å². The SMILES string of the molecule is CC(C)NC(=O)c1ccc2nc(C3CC(N4CCCCC4C)C3)sc2c1. The Kier molecular flexibility index (Phi) is 5.02. The van der Waals surface area contributed by atoms with Crippen LogP contribution in [0, 0.1) is 0 Å². The molecule has 1 unspecified atom stereocenters. The number of nitrogens with zero attached hydrogens (tertiary/aromatic N) is 2. The molecular formula is C21H29N3OS. The van der Waals surface area contributed by atoms with Crippen molar-refractivity contribution in [1.29, 1.82) is 0 Å². The predicted molar refractivity (Wildman–Crippen MR) is 108 cm³/mol. The molecule has 2 fully saturated rings. The fourth-order valence-electron chi connectivity index (χ4n) is 4.33. The molecule has 0 radical (unpaired) electrons. The number of carbonyl (C=O) groups excluding carboxylic acids is 1. The maximum atomic E-state index is 12.2. The van der Waals surface area contributed by atoms with E-state index >= 15 is 0 Å². The molecule has 1 aliphatic carbocycles. The summed E-state index contributed by atoms with van der Waals surface area (Å²) in [6, 6.07) is 7.52. The van der Waals surface area contributed by atoms with E-state index in [2.05, 4.69) is 17.1 Å². The summed E-state index contributed by atoms with van der Waals surface area (Å²) in [6.45, 7) is 7.62. The maximum absolute atomic E-state index is 12.2. The third-order valence-electron chi connectivity index (χ3n) is 5.87. The zero-order chi connectivity index (χ0) is 18.3. The molecule has 140 valence electrons. The molecule has 26 heavy (non-hydrogen) atoms. The number of hydrogen-bond donors (Lipinski definition) is 1. The molecule has 2 heterocycles. The molecule has 1 aromatic carbocycles. The quantitative estimate of drug-likeness (QED) is 0.857. The average molecular weight is 372 g/mol. The van der Waals surface area contributed by atoms with Gasteiger partial charge in [0.1, 0.15) is 0 Å². The lowest BCUT2D eigenvalue weighted by molar-refractivity contribution is 0.0480. The van der Waals surface area contributed by atoms with Crippen molar-refractivity contribution < 1.29 is 4.79 Å². The zero-order valence-corrected chi connectivity index (χ0v) is 16.8. The van der Waals surface area contributed by atoms with Gasteiger partial charge in [0.15, 0.2) is 0 Å². The molecule has 2 aliphatic rings. The molecule has 1 N–H and O–H groups in total. The minimum atomic E-state index is -0.000329. The molecule has 1 aromatic heterocycles. The molecule has 1 saturated heterocycles. The number of fused-ring (bicyclic) bond motifs is 1. The van der Waals surface area contributed by atoms with Gasteiger partial charge < -0.3 is 5.32 Å². The molecule has 1 atom stereocenters. The molecular weight excluding hydrogens is 342 g/mol. The van der Waals surface area contributed by atoms with E-state index in [9.17, 15) is 4.79 Å². The number of likely N-dealkylation sites (tertiary alicyclic amines) is 1. The predicted octanol–water partition coefficient (Wildman–Crippen LogP) is 4.55. The first-order chi connectivity index (χ1) is 12.5. The zero-order valence-electron chi connectivity index (χ0n) is 16.0. The number of aromatic nitrogens is 1. The van der Waals surface area contributed by atoms with E-state index in [-0.39, 0.29) is 11.9 Å². The van der Waals surface area contributed by atoms with Gasteiger partial charge in [-0.05, 0) is 71.2 Å². The largest absolute Gasteiger partial charge is 0.350 e. The van der Waals surface area contributed by atoms with Gasteiger partial charge in [0, 0.05) is 29.6 Å². The Bertz CT molecular complexity index is 794. The van der Waals surface area contributed by atoms with Crippen molar-refractivity contribution in [3.05, 3.63) is 28.8 Å². The van der Waals surface area contributed by atoms with Gasteiger partial charge in [-0.3, -0.25) is 9.69 Å². The smallest absolute Gasteiger partial charge is 0.251 e. The molecule has 1 saturated carbocycles. The van der Waals surface area contributed by atoms with Crippen LogP contribution >= 0.6 is 11.3 Å². The highest BCUT2D eigenvalue weighted by Gasteiger charge is 2.38. The van der Waals surface area contributed by atoms with E-state index in [4.69, 9.17) is 4.98 Å². The molecule has 4 rings (SSSR count). The number of thiazole rings is 1. The molecule has 1 aliphatic heterocycles. The van der Waals surface area contributed by atoms with Crippen molar-refractivity contribution in [2.24, 2.45) is 0 Å². The lowest BCUT2D eigenvalue weighted by Gasteiger charge is -2.47. The highest BCUT2D eigenvalue weighted by atomic mass is 32.1. The number of piperidine rings is 1. The summed E-state index contributed by atoms with van der Waals surface area (Å²) in [4.78, 5) is 19.8. The highest BCUT2D eigenvalue weighted by Crippen LogP contribution is 2.44. The molecule has 0 spiro atoms. The Morgan fingerprint density at radius 1 is 1.31 bits per heavy atom. The summed E-state index contributed by atoms with van der Waals surface area (Å²) < 4.78 is 1.13. The van der Waals surface area contributed by atoms with E-state index in [0.29, 0.717) is 5.92 Å². The van der Waals surface area contributed by atoms with Crippen molar-refractivity contribution in [1.82, 2.24) is 15.2 Å². The van der Waals surface area contributed by atoms with E-state index in [1.165, 1.54) is 43.7 Å². The van der Waals surface area contributed by atoms with Crippen LogP contribution in [0.25, 0.3) is 10.2 Å². The van der Waals surface area contributed by atoms with Crippen molar-refractivity contribution in [2.45, 2.75) is 76.9 Å². The van der Waals surface area contributed by atoms with Crippen LogP contribution in [0.2, 0.25) is 0 Å². The van der Waals surface area contributed by atoms with Crippen molar-refractivity contribution in [3.8, 4) is 0 Å². The Labute approximate surface area is 160 Å². The van der Waals surface area contributed by atoms with Gasteiger partial charge in [0.25, 0.3) is 5.91 Å². The number of rotatable bonds is 4. The summed E-state index contributed by atoms with van der Waals surface area (Å²) in [5.74, 6) is 0.596. The average Bonchev–Trinajstić information content (AvgIpc) is 2.97. The summed E-state index contributed by atoms with van der Waals surface area (Å²) in [5.41, 5.74) is 1.76. The first-order valence-electron chi connectivity index (χ1n) is 9.98. The third kappa shape index (κ3) is 3.52. The Morgan fingerprint density at radius 2 is 2.12 bits per heavy atom. The second kappa shape index (κ2) is 7.28. The van der Waals surface area contributed by atoms with Crippen LogP contribution in [-0.2, 0) is 0 Å². The number of hydrogen-bond acceptors (Lipinski definition) is 4. The van der Waals surface area contributed by atoms with Gasteiger partial charge in [-0.1, -0.05) is 6.42 Å². The normalized spacial score (nSPS) is 26.8.